The van der Waals surface area contributed by atoms with E-state index < -0.39 is 0 Å². The monoisotopic (exact) mass is 813 g/mol. The molecule has 1 aromatic heterocycles. The van der Waals surface area contributed by atoms with Crippen LogP contribution < -0.4 is 30.4 Å². The predicted molar refractivity (Wildman–Crippen MR) is 261 cm³/mol. The fourth-order valence-electron chi connectivity index (χ4n) is 10.0. The van der Waals surface area contributed by atoms with Crippen molar-refractivity contribution in [1.29, 1.82) is 0 Å². The van der Waals surface area contributed by atoms with Crippen LogP contribution in [-0.4, -0.2) is 11.3 Å². The van der Waals surface area contributed by atoms with E-state index in [-0.39, 0.29) is 17.5 Å². The second kappa shape index (κ2) is 14.2. The van der Waals surface area contributed by atoms with Gasteiger partial charge in [0.05, 0.1) is 12.6 Å². The van der Waals surface area contributed by atoms with Gasteiger partial charge in [-0.05, 0) is 116 Å². The maximum absolute atomic E-state index is 7.02. The first-order chi connectivity index (χ1) is 29.5. The van der Waals surface area contributed by atoms with Crippen LogP contribution in [0.3, 0.4) is 0 Å². The first-order valence-corrected chi connectivity index (χ1v) is 22.5. The minimum absolute atomic E-state index is 0.00142. The SMILES string of the molecule is Cc1ccc(-c2ccc3c4c5c(cc3c2)Oc2ccc(C(C)(C)C)cc2B5c2cc(C(C)(C)C)ccc2O4)cc1-c1n(-c2c(C(C)C)cccc2C(C)C)c2ccccc2[n+]1C. The lowest BCUT2D eigenvalue weighted by Crippen LogP contribution is -2.57. The van der Waals surface area contributed by atoms with Gasteiger partial charge in [-0.2, -0.15) is 4.57 Å². The van der Waals surface area contributed by atoms with E-state index >= 15 is 0 Å². The second-order valence-electron chi connectivity index (χ2n) is 20.5. The fourth-order valence-corrected chi connectivity index (χ4v) is 10.0. The van der Waals surface area contributed by atoms with Gasteiger partial charge in [0.15, 0.2) is 11.0 Å². The number of nitrogens with zero attached hydrogens (tertiary/aromatic N) is 2. The number of rotatable bonds is 5. The molecule has 0 amide bonds. The molecule has 8 aromatic rings. The number of ether oxygens (including phenoxy) is 2. The molecule has 0 unspecified atom stereocenters. The maximum atomic E-state index is 7.02. The minimum atomic E-state index is -0.00892. The van der Waals surface area contributed by atoms with Crippen molar-refractivity contribution in [3.63, 3.8) is 0 Å². The second-order valence-corrected chi connectivity index (χ2v) is 20.5. The third kappa shape index (κ3) is 6.30. The lowest BCUT2D eigenvalue weighted by molar-refractivity contribution is -0.633. The summed E-state index contributed by atoms with van der Waals surface area (Å²) in [7, 11) is 2.22. The largest absolute Gasteiger partial charge is 0.458 e. The van der Waals surface area contributed by atoms with Crippen molar-refractivity contribution in [2.24, 2.45) is 7.05 Å². The Morgan fingerprint density at radius 2 is 1.19 bits per heavy atom. The van der Waals surface area contributed by atoms with Crippen LogP contribution in [0.15, 0.2) is 121 Å². The van der Waals surface area contributed by atoms with E-state index in [2.05, 4.69) is 214 Å². The molecule has 310 valence electrons. The summed E-state index contributed by atoms with van der Waals surface area (Å²) < 4.78 is 18.9. The van der Waals surface area contributed by atoms with Crippen LogP contribution in [0.2, 0.25) is 0 Å². The Labute approximate surface area is 368 Å². The van der Waals surface area contributed by atoms with Gasteiger partial charge in [-0.15, -0.1) is 0 Å². The summed E-state index contributed by atoms with van der Waals surface area (Å²) in [5.41, 5.74) is 17.3. The standard InChI is InChI=1S/C57H58BN2O2/c1-33(2)41-16-15-17-42(34(3)4)53(41)60-48-19-14-13-18-47(48)59(12)55(60)44-29-37(21-20-35(44)5)36-22-25-43-38(28-36)30-51-52-54(43)62-50-27-24-40(57(9,10)11)32-46(50)58(52)45-31-39(56(6,7)8)23-26-49(45)61-51/h13-34H,1-12H3/q+1. The molecule has 0 atom stereocenters. The Morgan fingerprint density at radius 1 is 0.597 bits per heavy atom. The third-order valence-electron chi connectivity index (χ3n) is 13.6. The zero-order chi connectivity index (χ0) is 43.6. The Hall–Kier alpha value is -6.07. The highest BCUT2D eigenvalue weighted by atomic mass is 16.5. The van der Waals surface area contributed by atoms with E-state index in [0.29, 0.717) is 11.8 Å². The van der Waals surface area contributed by atoms with Gasteiger partial charge < -0.3 is 9.47 Å². The molecule has 62 heavy (non-hydrogen) atoms. The van der Waals surface area contributed by atoms with E-state index in [1.165, 1.54) is 66.9 Å². The van der Waals surface area contributed by atoms with Crippen molar-refractivity contribution in [3.8, 4) is 51.2 Å². The smallest absolute Gasteiger partial charge is 0.295 e. The molecule has 2 aliphatic rings. The van der Waals surface area contributed by atoms with Gasteiger partial charge in [0.2, 0.25) is 0 Å². The summed E-state index contributed by atoms with van der Waals surface area (Å²) in [4.78, 5) is 0. The Kier molecular flexibility index (Phi) is 9.19. The number of para-hydroxylation sites is 3. The Balaban J connectivity index is 1.16. The predicted octanol–water partition coefficient (Wildman–Crippen LogP) is 12.8. The van der Waals surface area contributed by atoms with Crippen molar-refractivity contribution in [2.75, 3.05) is 0 Å². The molecule has 0 saturated heterocycles. The molecule has 5 heteroatoms. The number of aryl methyl sites for hydroxylation is 2. The molecule has 10 rings (SSSR count). The summed E-state index contributed by atoms with van der Waals surface area (Å²) in [6.07, 6.45) is 0. The van der Waals surface area contributed by atoms with Crippen LogP contribution in [-0.2, 0) is 17.9 Å². The molecule has 7 aromatic carbocycles. The molecule has 0 aliphatic carbocycles. The van der Waals surface area contributed by atoms with E-state index in [1.807, 2.05) is 0 Å². The normalized spacial score (nSPS) is 13.4. The zero-order valence-corrected chi connectivity index (χ0v) is 38.5. The van der Waals surface area contributed by atoms with Gasteiger partial charge in [0.25, 0.3) is 12.5 Å². The van der Waals surface area contributed by atoms with Crippen molar-refractivity contribution in [1.82, 2.24) is 4.57 Å². The van der Waals surface area contributed by atoms with Crippen LogP contribution in [0.5, 0.6) is 23.0 Å². The van der Waals surface area contributed by atoms with E-state index in [4.69, 9.17) is 9.47 Å². The summed E-state index contributed by atoms with van der Waals surface area (Å²) in [5.74, 6) is 5.47. The average Bonchev–Trinajstić information content (AvgIpc) is 3.53. The highest BCUT2D eigenvalue weighted by molar-refractivity contribution is 6.98. The lowest BCUT2D eigenvalue weighted by atomic mass is 9.34. The molecular formula is C57H58BN2O2+. The molecule has 0 spiro atoms. The van der Waals surface area contributed by atoms with Crippen LogP contribution in [0.25, 0.3) is 50.0 Å². The number of hydrogen-bond donors (Lipinski definition) is 0. The topological polar surface area (TPSA) is 27.3 Å². The zero-order valence-electron chi connectivity index (χ0n) is 38.5. The van der Waals surface area contributed by atoms with Crippen molar-refractivity contribution in [2.45, 2.75) is 98.8 Å². The van der Waals surface area contributed by atoms with Gasteiger partial charge >= 0.3 is 0 Å². The van der Waals surface area contributed by atoms with Crippen LogP contribution in [0.1, 0.15) is 109 Å². The van der Waals surface area contributed by atoms with Crippen molar-refractivity contribution >= 4 is 44.9 Å². The molecule has 2 aliphatic heterocycles. The van der Waals surface area contributed by atoms with E-state index in [9.17, 15) is 0 Å². The lowest BCUT2D eigenvalue weighted by Gasteiger charge is -2.35. The number of benzene rings is 7. The van der Waals surface area contributed by atoms with E-state index in [1.54, 1.807) is 0 Å². The molecule has 0 radical (unpaired) electrons. The summed E-state index contributed by atoms with van der Waals surface area (Å²) in [6.45, 7) is 25.2. The summed E-state index contributed by atoms with van der Waals surface area (Å²) in [5, 5.41) is 2.18. The highest BCUT2D eigenvalue weighted by Crippen LogP contribution is 2.43. The number of fused-ring (bicyclic) bond motifs is 7. The first kappa shape index (κ1) is 40.0. The highest BCUT2D eigenvalue weighted by Gasteiger charge is 2.42. The Bertz CT molecular complexity index is 3080. The van der Waals surface area contributed by atoms with Gasteiger partial charge in [0.1, 0.15) is 28.7 Å². The molecule has 3 heterocycles. The van der Waals surface area contributed by atoms with Gasteiger partial charge in [-0.3, -0.25) is 0 Å². The minimum Gasteiger partial charge on any atom is -0.458 e. The fraction of sp³-hybridized carbons (Fsp3) is 0.281. The molecule has 0 bridgehead atoms. The molecule has 0 saturated carbocycles. The summed E-state index contributed by atoms with van der Waals surface area (Å²) >= 11 is 0. The van der Waals surface area contributed by atoms with Gasteiger partial charge in [0, 0.05) is 22.0 Å². The number of aromatic nitrogens is 2. The van der Waals surface area contributed by atoms with Crippen molar-refractivity contribution in [3.05, 3.63) is 149 Å². The quantitative estimate of drug-likeness (QED) is 0.128. The van der Waals surface area contributed by atoms with Crippen LogP contribution in [0.4, 0.5) is 0 Å². The maximum Gasteiger partial charge on any atom is 0.295 e. The molecular weight excluding hydrogens is 755 g/mol. The number of hydrogen-bond acceptors (Lipinski definition) is 2. The van der Waals surface area contributed by atoms with Gasteiger partial charge in [-0.1, -0.05) is 148 Å². The molecule has 0 N–H and O–H groups in total. The average molecular weight is 814 g/mol. The van der Waals surface area contributed by atoms with Gasteiger partial charge in [-0.25, -0.2) is 4.57 Å². The number of imidazole rings is 1. The molecule has 0 fully saturated rings. The van der Waals surface area contributed by atoms with E-state index in [0.717, 1.165) is 50.4 Å². The van der Waals surface area contributed by atoms with Crippen LogP contribution in [0, 0.1) is 6.92 Å². The van der Waals surface area contributed by atoms with Crippen molar-refractivity contribution < 1.29 is 14.0 Å². The first-order valence-electron chi connectivity index (χ1n) is 22.5. The Morgan fingerprint density at radius 3 is 1.82 bits per heavy atom. The van der Waals surface area contributed by atoms with Crippen LogP contribution >= 0.6 is 0 Å². The summed E-state index contributed by atoms with van der Waals surface area (Å²) in [6, 6.07) is 45.3. The third-order valence-corrected chi connectivity index (χ3v) is 13.6. The molecule has 4 nitrogen and oxygen atoms in total.